The second-order valence-corrected chi connectivity index (χ2v) is 4.54. The minimum atomic E-state index is 0.723. The van der Waals surface area contributed by atoms with E-state index in [-0.39, 0.29) is 0 Å². The lowest BCUT2D eigenvalue weighted by Crippen LogP contribution is -2.45. The molecule has 15 heavy (non-hydrogen) atoms. The monoisotopic (exact) mass is 210 g/mol. The van der Waals surface area contributed by atoms with Crippen molar-refractivity contribution in [1.29, 1.82) is 0 Å². The fourth-order valence-electron chi connectivity index (χ4n) is 2.32. The molecule has 1 aliphatic rings. The van der Waals surface area contributed by atoms with Crippen LogP contribution >= 0.6 is 0 Å². The molecule has 2 heteroatoms. The van der Waals surface area contributed by atoms with Crippen LogP contribution in [0.1, 0.15) is 39.5 Å². The molecule has 2 nitrogen and oxygen atoms in total. The minimum Gasteiger partial charge on any atom is -0.311 e. The predicted octanol–water partition coefficient (Wildman–Crippen LogP) is 2.42. The van der Waals surface area contributed by atoms with Crippen LogP contribution in [0.3, 0.4) is 0 Å². The van der Waals surface area contributed by atoms with Gasteiger partial charge in [-0.25, -0.2) is 0 Å². The van der Waals surface area contributed by atoms with Crippen LogP contribution in [-0.2, 0) is 0 Å². The number of hydrogen-bond donors (Lipinski definition) is 1. The zero-order valence-corrected chi connectivity index (χ0v) is 10.3. The maximum absolute atomic E-state index is 3.79. The van der Waals surface area contributed by atoms with E-state index in [1.54, 1.807) is 0 Å². The van der Waals surface area contributed by atoms with E-state index in [4.69, 9.17) is 0 Å². The van der Waals surface area contributed by atoms with Crippen molar-refractivity contribution in [3.8, 4) is 0 Å². The molecule has 1 saturated heterocycles. The Balaban J connectivity index is 2.21. The smallest absolute Gasteiger partial charge is 0.0160 e. The lowest BCUT2D eigenvalue weighted by molar-refractivity contribution is 0.205. The maximum Gasteiger partial charge on any atom is 0.0160 e. The van der Waals surface area contributed by atoms with Crippen LogP contribution < -0.4 is 5.32 Å². The first kappa shape index (κ1) is 12.7. The molecule has 1 aliphatic heterocycles. The largest absolute Gasteiger partial charge is 0.311 e. The molecule has 0 aromatic carbocycles. The van der Waals surface area contributed by atoms with Crippen LogP contribution in [0.4, 0.5) is 0 Å². The molecule has 0 amide bonds. The Hall–Kier alpha value is -0.340. The van der Waals surface area contributed by atoms with Crippen LogP contribution in [0.5, 0.6) is 0 Å². The van der Waals surface area contributed by atoms with Crippen LogP contribution in [0.25, 0.3) is 0 Å². The van der Waals surface area contributed by atoms with Crippen molar-refractivity contribution >= 4 is 0 Å². The molecule has 0 radical (unpaired) electrons. The zero-order valence-electron chi connectivity index (χ0n) is 10.3. The second-order valence-electron chi connectivity index (χ2n) is 4.54. The Morgan fingerprint density at radius 3 is 2.40 bits per heavy atom. The van der Waals surface area contributed by atoms with Gasteiger partial charge in [-0.1, -0.05) is 19.9 Å². The van der Waals surface area contributed by atoms with Gasteiger partial charge in [0.15, 0.2) is 0 Å². The summed E-state index contributed by atoms with van der Waals surface area (Å²) < 4.78 is 0. The fraction of sp³-hybridized carbons (Fsp3) is 0.846. The molecule has 0 atom stereocenters. The Morgan fingerprint density at radius 2 is 1.93 bits per heavy atom. The minimum absolute atomic E-state index is 0.723. The number of nitrogens with one attached hydrogen (secondary N) is 1. The lowest BCUT2D eigenvalue weighted by Gasteiger charge is -2.33. The zero-order chi connectivity index (χ0) is 11.1. The number of likely N-dealkylation sites (tertiary alicyclic amines) is 1. The van der Waals surface area contributed by atoms with Gasteiger partial charge < -0.3 is 5.32 Å². The third-order valence-corrected chi connectivity index (χ3v) is 3.43. The van der Waals surface area contributed by atoms with Gasteiger partial charge in [-0.2, -0.15) is 0 Å². The maximum atomic E-state index is 3.79. The van der Waals surface area contributed by atoms with E-state index in [9.17, 15) is 0 Å². The van der Waals surface area contributed by atoms with Gasteiger partial charge in [-0.15, -0.1) is 6.58 Å². The molecule has 0 saturated carbocycles. The predicted molar refractivity (Wildman–Crippen MR) is 67.2 cm³/mol. The molecule has 0 unspecified atom stereocenters. The number of piperidine rings is 1. The molecule has 1 N–H and O–H groups in total. The SMILES string of the molecule is C=CCN1CCC(NC(CC)CC)CC1. The van der Waals surface area contributed by atoms with E-state index in [1.165, 1.54) is 38.8 Å². The molecule has 0 aromatic rings. The van der Waals surface area contributed by atoms with Crippen molar-refractivity contribution < 1.29 is 0 Å². The Kier molecular flexibility index (Phi) is 5.96. The van der Waals surface area contributed by atoms with Crippen molar-refractivity contribution in [1.82, 2.24) is 10.2 Å². The third kappa shape index (κ3) is 4.35. The van der Waals surface area contributed by atoms with Gasteiger partial charge in [-0.05, 0) is 38.8 Å². The Morgan fingerprint density at radius 1 is 1.33 bits per heavy atom. The molecule has 0 spiro atoms. The summed E-state index contributed by atoms with van der Waals surface area (Å²) in [7, 11) is 0. The Labute approximate surface area is 94.7 Å². The molecule has 0 bridgehead atoms. The molecule has 1 rings (SSSR count). The van der Waals surface area contributed by atoms with Crippen molar-refractivity contribution in [3.63, 3.8) is 0 Å². The van der Waals surface area contributed by atoms with Crippen LogP contribution in [-0.4, -0.2) is 36.6 Å². The van der Waals surface area contributed by atoms with E-state index < -0.39 is 0 Å². The average molecular weight is 210 g/mol. The van der Waals surface area contributed by atoms with Gasteiger partial charge in [-0.3, -0.25) is 4.90 Å². The van der Waals surface area contributed by atoms with Crippen LogP contribution in [0, 0.1) is 0 Å². The number of rotatable bonds is 6. The van der Waals surface area contributed by atoms with Crippen molar-refractivity contribution in [2.75, 3.05) is 19.6 Å². The van der Waals surface area contributed by atoms with Crippen LogP contribution in [0.2, 0.25) is 0 Å². The fourth-order valence-corrected chi connectivity index (χ4v) is 2.32. The highest BCUT2D eigenvalue weighted by Gasteiger charge is 2.19. The van der Waals surface area contributed by atoms with E-state index in [0.717, 1.165) is 18.6 Å². The second kappa shape index (κ2) is 7.02. The summed E-state index contributed by atoms with van der Waals surface area (Å²) >= 11 is 0. The first-order valence-electron chi connectivity index (χ1n) is 6.39. The van der Waals surface area contributed by atoms with E-state index in [1.807, 2.05) is 6.08 Å². The summed E-state index contributed by atoms with van der Waals surface area (Å²) in [5.74, 6) is 0. The van der Waals surface area contributed by atoms with Gasteiger partial charge in [0.25, 0.3) is 0 Å². The summed E-state index contributed by atoms with van der Waals surface area (Å²) in [5.41, 5.74) is 0. The molecular weight excluding hydrogens is 184 g/mol. The topological polar surface area (TPSA) is 15.3 Å². The number of nitrogens with zero attached hydrogens (tertiary/aromatic N) is 1. The quantitative estimate of drug-likeness (QED) is 0.677. The standard InChI is InChI=1S/C13H26N2/c1-4-9-15-10-7-13(8-11-15)14-12(5-2)6-3/h4,12-14H,1,5-11H2,2-3H3. The van der Waals surface area contributed by atoms with E-state index in [2.05, 4.69) is 30.6 Å². The van der Waals surface area contributed by atoms with Gasteiger partial charge in [0, 0.05) is 18.6 Å². The highest BCUT2D eigenvalue weighted by Crippen LogP contribution is 2.12. The molecule has 88 valence electrons. The molecule has 0 aromatic heterocycles. The third-order valence-electron chi connectivity index (χ3n) is 3.43. The van der Waals surface area contributed by atoms with Gasteiger partial charge >= 0.3 is 0 Å². The highest BCUT2D eigenvalue weighted by molar-refractivity contribution is 4.83. The van der Waals surface area contributed by atoms with E-state index >= 15 is 0 Å². The first-order valence-corrected chi connectivity index (χ1v) is 6.39. The highest BCUT2D eigenvalue weighted by atomic mass is 15.1. The van der Waals surface area contributed by atoms with E-state index in [0.29, 0.717) is 0 Å². The average Bonchev–Trinajstić information content (AvgIpc) is 2.28. The Bertz CT molecular complexity index is 167. The first-order chi connectivity index (χ1) is 7.30. The summed E-state index contributed by atoms with van der Waals surface area (Å²) in [6.45, 7) is 11.8. The van der Waals surface area contributed by atoms with Crippen molar-refractivity contribution in [3.05, 3.63) is 12.7 Å². The van der Waals surface area contributed by atoms with Gasteiger partial charge in [0.1, 0.15) is 0 Å². The molecule has 0 aliphatic carbocycles. The van der Waals surface area contributed by atoms with Crippen molar-refractivity contribution in [2.24, 2.45) is 0 Å². The van der Waals surface area contributed by atoms with Gasteiger partial charge in [0.05, 0.1) is 0 Å². The van der Waals surface area contributed by atoms with Crippen LogP contribution in [0.15, 0.2) is 12.7 Å². The number of hydrogen-bond acceptors (Lipinski definition) is 2. The normalized spacial score (nSPS) is 19.7. The molecular formula is C13H26N2. The molecule has 1 heterocycles. The summed E-state index contributed by atoms with van der Waals surface area (Å²) in [5, 5.41) is 3.77. The lowest BCUT2D eigenvalue weighted by atomic mass is 10.0. The molecule has 1 fully saturated rings. The summed E-state index contributed by atoms with van der Waals surface area (Å²) in [6, 6.07) is 1.47. The summed E-state index contributed by atoms with van der Waals surface area (Å²) in [6.07, 6.45) is 7.11. The van der Waals surface area contributed by atoms with Crippen molar-refractivity contribution in [2.45, 2.75) is 51.6 Å². The summed E-state index contributed by atoms with van der Waals surface area (Å²) in [4.78, 5) is 2.48. The van der Waals surface area contributed by atoms with Gasteiger partial charge in [0.2, 0.25) is 0 Å².